The zero-order valence-corrected chi connectivity index (χ0v) is 10.4. The number of nitrogens with one attached hydrogen (secondary N) is 1. The molecule has 0 saturated heterocycles. The van der Waals surface area contributed by atoms with Crippen LogP contribution in [0.25, 0.3) is 10.9 Å². The largest absolute Gasteiger partial charge is 0.322 e. The molecule has 3 rings (SSSR count). The summed E-state index contributed by atoms with van der Waals surface area (Å²) in [4.78, 5) is 11.7. The molecule has 2 heterocycles. The van der Waals surface area contributed by atoms with Gasteiger partial charge < -0.3 is 5.32 Å². The Hall–Kier alpha value is -2.27. The van der Waals surface area contributed by atoms with Crippen molar-refractivity contribution >= 4 is 34.1 Å². The van der Waals surface area contributed by atoms with Crippen LogP contribution in [0.5, 0.6) is 0 Å². The molecule has 3 aromatic rings. The van der Waals surface area contributed by atoms with E-state index in [0.717, 1.165) is 17.1 Å². The number of aromatic nitrogens is 3. The van der Waals surface area contributed by atoms with E-state index in [1.165, 1.54) is 0 Å². The molecule has 0 unspecified atom stereocenters. The van der Waals surface area contributed by atoms with Gasteiger partial charge in [-0.05, 0) is 29.8 Å². The van der Waals surface area contributed by atoms with Crippen LogP contribution in [-0.4, -0.2) is 15.0 Å². The van der Waals surface area contributed by atoms with Gasteiger partial charge in [-0.3, -0.25) is 0 Å². The van der Waals surface area contributed by atoms with E-state index in [9.17, 15) is 4.39 Å². The molecule has 0 aliphatic rings. The molecule has 0 aliphatic heterocycles. The number of benzene rings is 1. The lowest BCUT2D eigenvalue weighted by atomic mass is 10.2. The highest BCUT2D eigenvalue weighted by Gasteiger charge is 2.07. The Morgan fingerprint density at radius 3 is 2.79 bits per heavy atom. The van der Waals surface area contributed by atoms with Gasteiger partial charge in [0.2, 0.25) is 5.28 Å². The van der Waals surface area contributed by atoms with Crippen molar-refractivity contribution in [2.75, 3.05) is 5.32 Å². The lowest BCUT2D eigenvalue weighted by Gasteiger charge is -2.06. The topological polar surface area (TPSA) is 50.7 Å². The average Bonchev–Trinajstić information content (AvgIpc) is 2.43. The number of rotatable bonds is 2. The predicted molar refractivity (Wildman–Crippen MR) is 72.0 cm³/mol. The first-order valence-corrected chi connectivity index (χ1v) is 5.91. The van der Waals surface area contributed by atoms with Gasteiger partial charge in [0.05, 0.1) is 11.7 Å². The van der Waals surface area contributed by atoms with E-state index in [-0.39, 0.29) is 11.1 Å². The van der Waals surface area contributed by atoms with Crippen molar-refractivity contribution < 1.29 is 4.39 Å². The van der Waals surface area contributed by atoms with Gasteiger partial charge in [-0.15, -0.1) is 0 Å². The molecule has 0 fully saturated rings. The van der Waals surface area contributed by atoms with Crippen LogP contribution in [0.4, 0.5) is 16.0 Å². The number of para-hydroxylation sites is 1. The molecule has 19 heavy (non-hydrogen) atoms. The van der Waals surface area contributed by atoms with Gasteiger partial charge in [0.1, 0.15) is 5.82 Å². The first kappa shape index (κ1) is 11.8. The van der Waals surface area contributed by atoms with Crippen molar-refractivity contribution in [2.45, 2.75) is 0 Å². The molecule has 1 N–H and O–H groups in total. The molecule has 0 radical (unpaired) electrons. The van der Waals surface area contributed by atoms with E-state index in [1.54, 1.807) is 6.07 Å². The Morgan fingerprint density at radius 1 is 1.05 bits per heavy atom. The zero-order chi connectivity index (χ0) is 13.2. The van der Waals surface area contributed by atoms with Gasteiger partial charge >= 0.3 is 0 Å². The van der Waals surface area contributed by atoms with E-state index in [0.29, 0.717) is 5.82 Å². The first-order valence-electron chi connectivity index (χ1n) is 5.53. The van der Waals surface area contributed by atoms with Crippen LogP contribution >= 0.6 is 11.6 Å². The normalized spacial score (nSPS) is 10.6. The quantitative estimate of drug-likeness (QED) is 0.726. The molecule has 0 spiro atoms. The molecule has 0 atom stereocenters. The third kappa shape index (κ3) is 2.46. The Labute approximate surface area is 113 Å². The SMILES string of the molecule is Fc1cnc(Cl)nc1Nc1ccc2ccccc2n1. The van der Waals surface area contributed by atoms with Gasteiger partial charge in [-0.25, -0.2) is 14.4 Å². The maximum Gasteiger partial charge on any atom is 0.224 e. The van der Waals surface area contributed by atoms with Crippen molar-refractivity contribution in [3.05, 3.63) is 53.7 Å². The van der Waals surface area contributed by atoms with Crippen LogP contribution in [0.1, 0.15) is 0 Å². The fraction of sp³-hybridized carbons (Fsp3) is 0. The number of nitrogens with zero attached hydrogens (tertiary/aromatic N) is 3. The standard InChI is InChI=1S/C13H8ClFN4/c14-13-16-7-9(15)12(19-13)18-11-6-5-8-3-1-2-4-10(8)17-11/h1-7H,(H,16,17,18,19). The molecule has 0 bridgehead atoms. The van der Waals surface area contributed by atoms with Crippen LogP contribution in [0.15, 0.2) is 42.6 Å². The molecule has 4 nitrogen and oxygen atoms in total. The summed E-state index contributed by atoms with van der Waals surface area (Å²) in [6.45, 7) is 0. The van der Waals surface area contributed by atoms with Gasteiger partial charge in [0.15, 0.2) is 11.6 Å². The average molecular weight is 275 g/mol. The van der Waals surface area contributed by atoms with Crippen LogP contribution < -0.4 is 5.32 Å². The van der Waals surface area contributed by atoms with Crippen LogP contribution in [0.2, 0.25) is 5.28 Å². The van der Waals surface area contributed by atoms with Crippen LogP contribution in [-0.2, 0) is 0 Å². The van der Waals surface area contributed by atoms with E-state index >= 15 is 0 Å². The second-order valence-corrected chi connectivity index (χ2v) is 4.19. The molecular weight excluding hydrogens is 267 g/mol. The van der Waals surface area contributed by atoms with Gasteiger partial charge in [0.25, 0.3) is 0 Å². The Morgan fingerprint density at radius 2 is 1.89 bits per heavy atom. The lowest BCUT2D eigenvalue weighted by molar-refractivity contribution is 0.618. The monoisotopic (exact) mass is 274 g/mol. The third-order valence-corrected chi connectivity index (χ3v) is 2.74. The third-order valence-electron chi connectivity index (χ3n) is 2.56. The number of halogens is 2. The van der Waals surface area contributed by atoms with Crippen LogP contribution in [0, 0.1) is 5.82 Å². The van der Waals surface area contributed by atoms with Crippen molar-refractivity contribution in [2.24, 2.45) is 0 Å². The molecule has 94 valence electrons. The number of anilines is 2. The lowest BCUT2D eigenvalue weighted by Crippen LogP contribution is -2.00. The summed E-state index contributed by atoms with van der Waals surface area (Å²) in [5.74, 6) is -0.0884. The summed E-state index contributed by atoms with van der Waals surface area (Å²) in [5.41, 5.74) is 0.813. The first-order chi connectivity index (χ1) is 9.22. The van der Waals surface area contributed by atoms with Crippen molar-refractivity contribution in [1.82, 2.24) is 15.0 Å². The minimum atomic E-state index is -0.584. The highest BCUT2D eigenvalue weighted by Crippen LogP contribution is 2.19. The Bertz CT molecular complexity index is 748. The summed E-state index contributed by atoms with van der Waals surface area (Å²) >= 11 is 5.63. The number of fused-ring (bicyclic) bond motifs is 1. The van der Waals surface area contributed by atoms with Gasteiger partial charge in [0, 0.05) is 5.39 Å². The number of hydrogen-bond acceptors (Lipinski definition) is 4. The maximum absolute atomic E-state index is 13.5. The summed E-state index contributed by atoms with van der Waals surface area (Å²) in [7, 11) is 0. The summed E-state index contributed by atoms with van der Waals surface area (Å²) in [5, 5.41) is 3.77. The minimum Gasteiger partial charge on any atom is -0.322 e. The van der Waals surface area contributed by atoms with Gasteiger partial charge in [-0.2, -0.15) is 4.98 Å². The highest BCUT2D eigenvalue weighted by molar-refractivity contribution is 6.28. The molecule has 0 saturated carbocycles. The minimum absolute atomic E-state index is 0.00258. The van der Waals surface area contributed by atoms with E-state index in [2.05, 4.69) is 20.3 Å². The number of pyridine rings is 1. The Kier molecular flexibility index (Phi) is 2.97. The molecule has 6 heteroatoms. The highest BCUT2D eigenvalue weighted by atomic mass is 35.5. The summed E-state index contributed by atoms with van der Waals surface area (Å²) < 4.78 is 13.5. The second kappa shape index (κ2) is 4.78. The van der Waals surface area contributed by atoms with E-state index < -0.39 is 5.82 Å². The van der Waals surface area contributed by atoms with Crippen molar-refractivity contribution in [3.8, 4) is 0 Å². The smallest absolute Gasteiger partial charge is 0.224 e. The van der Waals surface area contributed by atoms with Crippen molar-refractivity contribution in [1.29, 1.82) is 0 Å². The molecule has 2 aromatic heterocycles. The predicted octanol–water partition coefficient (Wildman–Crippen LogP) is 3.56. The molecule has 0 amide bonds. The second-order valence-electron chi connectivity index (χ2n) is 3.85. The van der Waals surface area contributed by atoms with E-state index in [4.69, 9.17) is 11.6 Å². The fourth-order valence-corrected chi connectivity index (χ4v) is 1.82. The van der Waals surface area contributed by atoms with Crippen molar-refractivity contribution in [3.63, 3.8) is 0 Å². The summed E-state index contributed by atoms with van der Waals surface area (Å²) in [6, 6.07) is 11.3. The summed E-state index contributed by atoms with van der Waals surface area (Å²) in [6.07, 6.45) is 1.01. The fourth-order valence-electron chi connectivity index (χ4n) is 1.69. The number of hydrogen-bond donors (Lipinski definition) is 1. The Balaban J connectivity index is 1.98. The van der Waals surface area contributed by atoms with E-state index in [1.807, 2.05) is 30.3 Å². The van der Waals surface area contributed by atoms with Gasteiger partial charge in [-0.1, -0.05) is 18.2 Å². The molecule has 1 aromatic carbocycles. The zero-order valence-electron chi connectivity index (χ0n) is 9.64. The molecule has 0 aliphatic carbocycles. The molecular formula is C13H8ClFN4. The van der Waals surface area contributed by atoms with Crippen LogP contribution in [0.3, 0.4) is 0 Å². The maximum atomic E-state index is 13.5.